The van der Waals surface area contributed by atoms with Crippen molar-refractivity contribution in [3.8, 4) is 0 Å². The number of nitrogens with one attached hydrogen (secondary N) is 2. The summed E-state index contributed by atoms with van der Waals surface area (Å²) < 4.78 is 0. The molecule has 0 spiro atoms. The molecule has 100 valence electrons. The highest BCUT2D eigenvalue weighted by Gasteiger charge is 2.25. The molecular formula is C12H21N5O. The number of hydrogen-bond acceptors (Lipinski definition) is 5. The topological polar surface area (TPSA) is 87.0 Å². The first-order valence-electron chi connectivity index (χ1n) is 6.54. The number of piperidine rings is 1. The Labute approximate surface area is 107 Å². The van der Waals surface area contributed by atoms with Gasteiger partial charge in [0.05, 0.1) is 6.33 Å². The van der Waals surface area contributed by atoms with Gasteiger partial charge in [-0.3, -0.25) is 4.79 Å². The second-order valence-corrected chi connectivity index (χ2v) is 4.62. The van der Waals surface area contributed by atoms with E-state index in [2.05, 4.69) is 27.1 Å². The van der Waals surface area contributed by atoms with Gasteiger partial charge in [0.25, 0.3) is 5.56 Å². The van der Waals surface area contributed by atoms with Crippen LogP contribution in [0.25, 0.3) is 0 Å². The number of rotatable bonds is 4. The predicted molar refractivity (Wildman–Crippen MR) is 72.8 cm³/mol. The summed E-state index contributed by atoms with van der Waals surface area (Å²) in [6, 6.07) is 0.371. The lowest BCUT2D eigenvalue weighted by atomic mass is 10.0. The van der Waals surface area contributed by atoms with Gasteiger partial charge < -0.3 is 20.9 Å². The lowest BCUT2D eigenvalue weighted by Crippen LogP contribution is -2.46. The maximum Gasteiger partial charge on any atom is 0.276 e. The summed E-state index contributed by atoms with van der Waals surface area (Å²) in [6.45, 7) is 4.86. The molecule has 1 aromatic heterocycles. The fourth-order valence-corrected chi connectivity index (χ4v) is 2.43. The minimum absolute atomic E-state index is 0.223. The van der Waals surface area contributed by atoms with E-state index in [1.54, 1.807) is 0 Å². The van der Waals surface area contributed by atoms with Gasteiger partial charge in [-0.2, -0.15) is 0 Å². The quantitative estimate of drug-likeness (QED) is 0.717. The van der Waals surface area contributed by atoms with Crippen LogP contribution in [0.3, 0.4) is 0 Å². The average Bonchev–Trinajstić information content (AvgIpc) is 2.40. The van der Waals surface area contributed by atoms with Crippen molar-refractivity contribution >= 4 is 11.5 Å². The van der Waals surface area contributed by atoms with Crippen molar-refractivity contribution < 1.29 is 0 Å². The highest BCUT2D eigenvalue weighted by molar-refractivity contribution is 5.61. The van der Waals surface area contributed by atoms with Gasteiger partial charge in [-0.05, 0) is 25.8 Å². The first-order chi connectivity index (χ1) is 8.74. The molecule has 0 aliphatic carbocycles. The molecule has 1 aromatic rings. The zero-order valence-corrected chi connectivity index (χ0v) is 10.8. The van der Waals surface area contributed by atoms with Gasteiger partial charge in [-0.15, -0.1) is 0 Å². The molecule has 4 N–H and O–H groups in total. The fourth-order valence-electron chi connectivity index (χ4n) is 2.43. The van der Waals surface area contributed by atoms with E-state index in [-0.39, 0.29) is 11.2 Å². The summed E-state index contributed by atoms with van der Waals surface area (Å²) in [4.78, 5) is 20.4. The Morgan fingerprint density at radius 1 is 1.61 bits per heavy atom. The maximum absolute atomic E-state index is 11.5. The van der Waals surface area contributed by atoms with Crippen LogP contribution in [0.1, 0.15) is 26.2 Å². The molecule has 1 unspecified atom stereocenters. The van der Waals surface area contributed by atoms with Gasteiger partial charge in [0.1, 0.15) is 5.69 Å². The Morgan fingerprint density at radius 2 is 2.44 bits per heavy atom. The molecule has 2 rings (SSSR count). The van der Waals surface area contributed by atoms with E-state index in [9.17, 15) is 4.79 Å². The second kappa shape index (κ2) is 5.86. The van der Waals surface area contributed by atoms with Gasteiger partial charge in [0, 0.05) is 19.1 Å². The number of anilines is 2. The van der Waals surface area contributed by atoms with E-state index in [4.69, 9.17) is 5.73 Å². The Bertz CT molecular complexity index is 444. The molecule has 6 nitrogen and oxygen atoms in total. The molecule has 1 fully saturated rings. The van der Waals surface area contributed by atoms with Crippen LogP contribution in [-0.4, -0.2) is 35.6 Å². The molecule has 2 heterocycles. The first kappa shape index (κ1) is 12.9. The number of nitrogens with zero attached hydrogens (tertiary/aromatic N) is 2. The third-order valence-corrected chi connectivity index (χ3v) is 3.40. The fraction of sp³-hybridized carbons (Fsp3) is 0.667. The lowest BCUT2D eigenvalue weighted by molar-refractivity contribution is 0.436. The van der Waals surface area contributed by atoms with Gasteiger partial charge in [-0.1, -0.05) is 6.92 Å². The van der Waals surface area contributed by atoms with Crippen LogP contribution in [0, 0.1) is 0 Å². The van der Waals surface area contributed by atoms with Crippen molar-refractivity contribution in [2.75, 3.05) is 30.3 Å². The Morgan fingerprint density at radius 3 is 3.22 bits per heavy atom. The van der Waals surface area contributed by atoms with Crippen molar-refractivity contribution in [3.63, 3.8) is 0 Å². The maximum atomic E-state index is 11.5. The van der Waals surface area contributed by atoms with Crippen molar-refractivity contribution in [2.24, 2.45) is 0 Å². The minimum Gasteiger partial charge on any atom is -0.391 e. The zero-order chi connectivity index (χ0) is 13.0. The first-order valence-corrected chi connectivity index (χ1v) is 6.54. The van der Waals surface area contributed by atoms with E-state index in [0.29, 0.717) is 11.9 Å². The molecule has 18 heavy (non-hydrogen) atoms. The Kier molecular flexibility index (Phi) is 4.19. The van der Waals surface area contributed by atoms with Gasteiger partial charge in [0.15, 0.2) is 5.82 Å². The zero-order valence-electron chi connectivity index (χ0n) is 10.8. The number of H-pyrrole nitrogens is 1. The van der Waals surface area contributed by atoms with Gasteiger partial charge in [0.2, 0.25) is 0 Å². The molecule has 1 saturated heterocycles. The van der Waals surface area contributed by atoms with Gasteiger partial charge >= 0.3 is 0 Å². The van der Waals surface area contributed by atoms with Gasteiger partial charge in [-0.25, -0.2) is 4.98 Å². The van der Waals surface area contributed by atoms with Crippen molar-refractivity contribution in [1.82, 2.24) is 15.3 Å². The van der Waals surface area contributed by atoms with E-state index >= 15 is 0 Å². The van der Waals surface area contributed by atoms with E-state index in [0.717, 1.165) is 32.5 Å². The molecule has 0 radical (unpaired) electrons. The number of likely N-dealkylation sites (N-methyl/N-ethyl adjacent to an activating group) is 1. The summed E-state index contributed by atoms with van der Waals surface area (Å²) in [5.41, 5.74) is 5.80. The van der Waals surface area contributed by atoms with E-state index in [1.165, 1.54) is 12.7 Å². The molecule has 0 aromatic carbocycles. The van der Waals surface area contributed by atoms with Crippen LogP contribution in [0.15, 0.2) is 11.1 Å². The molecule has 1 aliphatic rings. The SMILES string of the molecule is CCNCC1CCCCN1c1nc[nH]c(=O)c1N. The van der Waals surface area contributed by atoms with E-state index < -0.39 is 0 Å². The third kappa shape index (κ3) is 2.64. The predicted octanol–water partition coefficient (Wildman–Crippen LogP) is 0.321. The minimum atomic E-state index is -0.257. The van der Waals surface area contributed by atoms with Crippen LogP contribution in [0.5, 0.6) is 0 Å². The van der Waals surface area contributed by atoms with E-state index in [1.807, 2.05) is 0 Å². The lowest BCUT2D eigenvalue weighted by Gasteiger charge is -2.37. The Balaban J connectivity index is 2.22. The molecular weight excluding hydrogens is 230 g/mol. The average molecular weight is 251 g/mol. The second-order valence-electron chi connectivity index (χ2n) is 4.62. The normalized spacial score (nSPS) is 20.1. The summed E-state index contributed by atoms with van der Waals surface area (Å²) in [5.74, 6) is 0.626. The van der Waals surface area contributed by atoms with Crippen LogP contribution in [0.2, 0.25) is 0 Å². The molecule has 1 aliphatic heterocycles. The molecule has 0 amide bonds. The summed E-state index contributed by atoms with van der Waals surface area (Å²) in [5, 5.41) is 3.36. The molecule has 0 bridgehead atoms. The van der Waals surface area contributed by atoms with Crippen molar-refractivity contribution in [2.45, 2.75) is 32.2 Å². The van der Waals surface area contributed by atoms with Crippen molar-refractivity contribution in [1.29, 1.82) is 0 Å². The molecule has 1 atom stereocenters. The number of nitrogen functional groups attached to an aromatic ring is 1. The summed E-state index contributed by atoms with van der Waals surface area (Å²) in [7, 11) is 0. The number of hydrogen-bond donors (Lipinski definition) is 3. The molecule has 6 heteroatoms. The van der Waals surface area contributed by atoms with Crippen LogP contribution >= 0.6 is 0 Å². The monoisotopic (exact) mass is 251 g/mol. The third-order valence-electron chi connectivity index (χ3n) is 3.40. The summed E-state index contributed by atoms with van der Waals surface area (Å²) in [6.07, 6.45) is 4.88. The van der Waals surface area contributed by atoms with Crippen LogP contribution in [0.4, 0.5) is 11.5 Å². The van der Waals surface area contributed by atoms with Crippen molar-refractivity contribution in [3.05, 3.63) is 16.7 Å². The van der Waals surface area contributed by atoms with Crippen LogP contribution < -0.4 is 21.5 Å². The van der Waals surface area contributed by atoms with Crippen LogP contribution in [-0.2, 0) is 0 Å². The smallest absolute Gasteiger partial charge is 0.276 e. The number of nitrogens with two attached hydrogens (primary N) is 1. The largest absolute Gasteiger partial charge is 0.391 e. The standard InChI is InChI=1S/C12H21N5O/c1-2-14-7-9-5-3-4-6-17(9)11-10(13)12(18)16-8-15-11/h8-9,14H,2-7,13H2,1H3,(H,15,16,18). The number of aromatic nitrogens is 2. The molecule has 0 saturated carbocycles. The summed E-state index contributed by atoms with van der Waals surface area (Å²) >= 11 is 0. The highest BCUT2D eigenvalue weighted by Crippen LogP contribution is 2.25. The Hall–Kier alpha value is -1.56. The number of aromatic amines is 1. The highest BCUT2D eigenvalue weighted by atomic mass is 16.1.